The van der Waals surface area contributed by atoms with E-state index in [0.29, 0.717) is 32.9 Å². The predicted molar refractivity (Wildman–Crippen MR) is 109 cm³/mol. The van der Waals surface area contributed by atoms with Gasteiger partial charge in [0.2, 0.25) is 14.2 Å². The highest BCUT2D eigenvalue weighted by Gasteiger charge is 2.21. The normalized spacial score (nSPS) is 12.4. The van der Waals surface area contributed by atoms with Gasteiger partial charge in [0.25, 0.3) is 10.0 Å². The van der Waals surface area contributed by atoms with Gasteiger partial charge in [0.05, 0.1) is 26.6 Å². The average Bonchev–Trinajstić information content (AvgIpc) is 3.01. The molecular weight excluding hydrogens is 428 g/mol. The van der Waals surface area contributed by atoms with Gasteiger partial charge in [-0.2, -0.15) is 0 Å². The third kappa shape index (κ3) is 4.11. The van der Waals surface area contributed by atoms with Crippen LogP contribution in [0.1, 0.15) is 18.9 Å². The van der Waals surface area contributed by atoms with Crippen LogP contribution in [0.5, 0.6) is 0 Å². The molecule has 10 heteroatoms. The number of fused-ring (bicyclic) bond motifs is 1. The molecule has 0 saturated heterocycles. The fraction of sp³-hybridized carbons (Fsp3) is 0.235. The Bertz CT molecular complexity index is 1220. The zero-order chi connectivity index (χ0) is 19.8. The summed E-state index contributed by atoms with van der Waals surface area (Å²) in [6, 6.07) is 9.40. The van der Waals surface area contributed by atoms with E-state index in [2.05, 4.69) is 9.71 Å². The summed E-state index contributed by atoms with van der Waals surface area (Å²) in [6.07, 6.45) is 0.502. The van der Waals surface area contributed by atoms with E-state index in [0.717, 1.165) is 11.3 Å². The zero-order valence-corrected chi connectivity index (χ0v) is 17.8. The molecule has 1 N–H and O–H groups in total. The first kappa shape index (κ1) is 20.1. The van der Waals surface area contributed by atoms with Crippen molar-refractivity contribution < 1.29 is 16.8 Å². The number of halogens is 1. The number of nitrogens with zero attached hydrogens (tertiary/aromatic N) is 1. The third-order valence-electron chi connectivity index (χ3n) is 3.87. The van der Waals surface area contributed by atoms with Crippen molar-refractivity contribution in [3.05, 3.63) is 47.0 Å². The number of thiazole rings is 1. The first-order valence-corrected chi connectivity index (χ1v) is 12.4. The van der Waals surface area contributed by atoms with Gasteiger partial charge in [-0.1, -0.05) is 24.6 Å². The summed E-state index contributed by atoms with van der Waals surface area (Å²) in [5.41, 5.74) is 1.29. The van der Waals surface area contributed by atoms with E-state index in [9.17, 15) is 16.8 Å². The molecule has 0 saturated carbocycles. The van der Waals surface area contributed by atoms with Crippen LogP contribution in [-0.2, 0) is 19.9 Å². The highest BCUT2D eigenvalue weighted by Crippen LogP contribution is 2.30. The fourth-order valence-corrected chi connectivity index (χ4v) is 6.81. The molecule has 0 amide bonds. The monoisotopic (exact) mass is 444 g/mol. The molecule has 0 aliphatic heterocycles. The average molecular weight is 445 g/mol. The minimum atomic E-state index is -3.83. The molecule has 1 aromatic heterocycles. The maximum absolute atomic E-state index is 12.7. The molecule has 0 fully saturated rings. The summed E-state index contributed by atoms with van der Waals surface area (Å²) in [4.78, 5) is 4.25. The fourth-order valence-electron chi connectivity index (χ4n) is 2.54. The Morgan fingerprint density at radius 1 is 1.15 bits per heavy atom. The summed E-state index contributed by atoms with van der Waals surface area (Å²) in [5, 5.41) is 0.363. The van der Waals surface area contributed by atoms with E-state index in [-0.39, 0.29) is 15.0 Å². The van der Waals surface area contributed by atoms with Crippen molar-refractivity contribution in [2.45, 2.75) is 29.5 Å². The lowest BCUT2D eigenvalue weighted by molar-refractivity contribution is 0.594. The molecule has 0 bridgehead atoms. The van der Waals surface area contributed by atoms with Gasteiger partial charge in [-0.05, 0) is 49.2 Å². The van der Waals surface area contributed by atoms with Crippen LogP contribution in [0.15, 0.2) is 45.6 Å². The van der Waals surface area contributed by atoms with Crippen molar-refractivity contribution in [3.63, 3.8) is 0 Å². The van der Waals surface area contributed by atoms with Crippen LogP contribution < -0.4 is 4.72 Å². The number of sulfonamides is 1. The Balaban J connectivity index is 1.97. The Labute approximate surface area is 167 Å². The molecule has 0 unspecified atom stereocenters. The highest BCUT2D eigenvalue weighted by atomic mass is 35.5. The Morgan fingerprint density at radius 3 is 2.59 bits per heavy atom. The van der Waals surface area contributed by atoms with Crippen LogP contribution in [0.4, 0.5) is 5.69 Å². The van der Waals surface area contributed by atoms with E-state index in [1.54, 1.807) is 44.2 Å². The molecule has 3 aromatic rings. The lowest BCUT2D eigenvalue weighted by atomic mass is 10.2. The van der Waals surface area contributed by atoms with Crippen molar-refractivity contribution in [2.24, 2.45) is 0 Å². The van der Waals surface area contributed by atoms with Crippen LogP contribution in [0.2, 0.25) is 5.02 Å². The van der Waals surface area contributed by atoms with Crippen molar-refractivity contribution in [2.75, 3.05) is 10.5 Å². The molecule has 27 heavy (non-hydrogen) atoms. The van der Waals surface area contributed by atoms with Crippen molar-refractivity contribution in [1.29, 1.82) is 0 Å². The number of sulfone groups is 1. The summed E-state index contributed by atoms with van der Waals surface area (Å²) < 4.78 is 52.9. The topological polar surface area (TPSA) is 93.2 Å². The number of hydrogen-bond acceptors (Lipinski definition) is 6. The van der Waals surface area contributed by atoms with Gasteiger partial charge >= 0.3 is 0 Å². The van der Waals surface area contributed by atoms with Crippen LogP contribution in [-0.4, -0.2) is 27.6 Å². The minimum Gasteiger partial charge on any atom is -0.280 e. The van der Waals surface area contributed by atoms with E-state index in [1.165, 1.54) is 6.07 Å². The van der Waals surface area contributed by atoms with Gasteiger partial charge in [-0.3, -0.25) is 4.72 Å². The molecule has 6 nitrogen and oxygen atoms in total. The second-order valence-electron chi connectivity index (χ2n) is 5.95. The zero-order valence-electron chi connectivity index (χ0n) is 14.6. The molecule has 0 radical (unpaired) electrons. The van der Waals surface area contributed by atoms with Crippen LogP contribution >= 0.6 is 22.9 Å². The smallest absolute Gasteiger partial charge is 0.262 e. The van der Waals surface area contributed by atoms with E-state index in [4.69, 9.17) is 11.6 Å². The molecular formula is C17H17ClN2O4S3. The van der Waals surface area contributed by atoms with Crippen molar-refractivity contribution >= 4 is 58.7 Å². The number of anilines is 1. The van der Waals surface area contributed by atoms with Crippen LogP contribution in [0.3, 0.4) is 0 Å². The second-order valence-corrected chi connectivity index (χ2v) is 11.3. The summed E-state index contributed by atoms with van der Waals surface area (Å²) in [5.74, 6) is 0.0281. The molecule has 0 aliphatic carbocycles. The summed E-state index contributed by atoms with van der Waals surface area (Å²) in [7, 11) is -7.25. The van der Waals surface area contributed by atoms with Crippen molar-refractivity contribution in [3.8, 4) is 0 Å². The Morgan fingerprint density at radius 2 is 1.89 bits per heavy atom. The Hall–Kier alpha value is -1.68. The maximum atomic E-state index is 12.7. The lowest BCUT2D eigenvalue weighted by Crippen LogP contribution is -2.14. The van der Waals surface area contributed by atoms with Gasteiger partial charge in [0, 0.05) is 5.02 Å². The molecule has 0 spiro atoms. The van der Waals surface area contributed by atoms with Crippen molar-refractivity contribution in [1.82, 2.24) is 4.98 Å². The minimum absolute atomic E-state index is 0.0281. The van der Waals surface area contributed by atoms with Gasteiger partial charge in [-0.15, -0.1) is 11.3 Å². The third-order valence-corrected chi connectivity index (χ3v) is 9.20. The first-order valence-electron chi connectivity index (χ1n) is 8.05. The molecule has 1 heterocycles. The number of benzene rings is 2. The highest BCUT2D eigenvalue weighted by molar-refractivity contribution is 7.93. The Kier molecular flexibility index (Phi) is 5.49. The number of rotatable bonds is 6. The number of nitrogens with one attached hydrogen (secondary N) is 1. The van der Waals surface area contributed by atoms with Crippen LogP contribution in [0.25, 0.3) is 10.2 Å². The number of hydrogen-bond donors (Lipinski definition) is 1. The van der Waals surface area contributed by atoms with Gasteiger partial charge in [0.15, 0.2) is 0 Å². The van der Waals surface area contributed by atoms with Gasteiger partial charge < -0.3 is 0 Å². The second kappa shape index (κ2) is 7.38. The van der Waals surface area contributed by atoms with Gasteiger partial charge in [-0.25, -0.2) is 21.8 Å². The van der Waals surface area contributed by atoms with E-state index < -0.39 is 19.9 Å². The summed E-state index contributed by atoms with van der Waals surface area (Å²) >= 11 is 7.05. The molecule has 0 atom stereocenters. The maximum Gasteiger partial charge on any atom is 0.262 e. The lowest BCUT2D eigenvalue weighted by Gasteiger charge is -2.11. The summed E-state index contributed by atoms with van der Waals surface area (Å²) in [6.45, 7) is 3.42. The van der Waals surface area contributed by atoms with Crippen LogP contribution in [0, 0.1) is 6.92 Å². The molecule has 144 valence electrons. The first-order chi connectivity index (χ1) is 12.6. The molecule has 3 rings (SSSR count). The molecule has 2 aromatic carbocycles. The van der Waals surface area contributed by atoms with E-state index in [1.807, 2.05) is 0 Å². The largest absolute Gasteiger partial charge is 0.280 e. The SMILES string of the molecule is CCCS(=O)(=O)c1nc2ccc(NS(=O)(=O)c3cccc(Cl)c3C)cc2s1. The standard InChI is InChI=1S/C17H17ClN2O4S3/c1-3-9-26(21,22)17-19-14-8-7-12(10-15(14)25-17)20-27(23,24)16-6-4-5-13(18)11(16)2/h4-8,10,20H,3,9H2,1-2H3. The molecule has 0 aliphatic rings. The predicted octanol–water partition coefficient (Wildman–Crippen LogP) is 4.24. The quantitative estimate of drug-likeness (QED) is 0.613. The number of aromatic nitrogens is 1. The van der Waals surface area contributed by atoms with Gasteiger partial charge in [0.1, 0.15) is 0 Å². The van der Waals surface area contributed by atoms with E-state index >= 15 is 0 Å².